The van der Waals surface area contributed by atoms with Crippen LogP contribution in [-0.4, -0.2) is 31.7 Å². The summed E-state index contributed by atoms with van der Waals surface area (Å²) in [6, 6.07) is 23.3. The molecule has 0 saturated heterocycles. The summed E-state index contributed by atoms with van der Waals surface area (Å²) in [5.41, 5.74) is 3.12. The van der Waals surface area contributed by atoms with Crippen molar-refractivity contribution in [1.82, 2.24) is 4.31 Å². The van der Waals surface area contributed by atoms with Crippen molar-refractivity contribution in [2.75, 3.05) is 18.4 Å². The number of sulfonamides is 1. The molecule has 0 saturated carbocycles. The van der Waals surface area contributed by atoms with Crippen LogP contribution in [-0.2, 0) is 10.0 Å². The van der Waals surface area contributed by atoms with E-state index in [0.29, 0.717) is 11.3 Å². The average Bonchev–Trinajstić information content (AvgIpc) is 2.80. The SMILES string of the molecule is C=CCN(CC=C)S(=O)(=O)c1ccc(NC(=O)c2ccc(-c3ccccc3)cc2)cc1. The molecule has 0 aliphatic carbocycles. The number of rotatable bonds is 9. The molecule has 1 amide bonds. The van der Waals surface area contributed by atoms with Crippen molar-refractivity contribution >= 4 is 21.6 Å². The highest BCUT2D eigenvalue weighted by molar-refractivity contribution is 7.89. The summed E-state index contributed by atoms with van der Waals surface area (Å²) in [6.07, 6.45) is 3.05. The quantitative estimate of drug-likeness (QED) is 0.486. The number of hydrogen-bond donors (Lipinski definition) is 1. The predicted molar refractivity (Wildman–Crippen MR) is 125 cm³/mol. The van der Waals surface area contributed by atoms with Crippen LogP contribution in [0.5, 0.6) is 0 Å². The number of nitrogens with one attached hydrogen (secondary N) is 1. The van der Waals surface area contributed by atoms with E-state index in [0.717, 1.165) is 11.1 Å². The molecular formula is C25H24N2O3S. The van der Waals surface area contributed by atoms with Crippen molar-refractivity contribution in [2.45, 2.75) is 4.90 Å². The van der Waals surface area contributed by atoms with Crippen LogP contribution in [0.3, 0.4) is 0 Å². The van der Waals surface area contributed by atoms with Gasteiger partial charge in [-0.1, -0.05) is 54.6 Å². The van der Waals surface area contributed by atoms with Gasteiger partial charge in [0.05, 0.1) is 4.90 Å². The van der Waals surface area contributed by atoms with Crippen molar-refractivity contribution in [3.05, 3.63) is 110 Å². The van der Waals surface area contributed by atoms with Crippen molar-refractivity contribution in [2.24, 2.45) is 0 Å². The fraction of sp³-hybridized carbons (Fsp3) is 0.0800. The number of benzene rings is 3. The third-order valence-electron chi connectivity index (χ3n) is 4.67. The smallest absolute Gasteiger partial charge is 0.255 e. The Morgan fingerprint density at radius 3 is 1.90 bits per heavy atom. The second-order valence-corrected chi connectivity index (χ2v) is 8.76. The van der Waals surface area contributed by atoms with Crippen molar-refractivity contribution in [3.63, 3.8) is 0 Å². The maximum absolute atomic E-state index is 12.8. The first kappa shape index (κ1) is 22.2. The van der Waals surface area contributed by atoms with Gasteiger partial charge < -0.3 is 5.32 Å². The first-order valence-electron chi connectivity index (χ1n) is 9.74. The lowest BCUT2D eigenvalue weighted by Gasteiger charge is -2.19. The van der Waals surface area contributed by atoms with Crippen molar-refractivity contribution in [3.8, 4) is 11.1 Å². The molecule has 6 heteroatoms. The zero-order valence-corrected chi connectivity index (χ0v) is 17.9. The largest absolute Gasteiger partial charge is 0.322 e. The van der Waals surface area contributed by atoms with Crippen LogP contribution in [0, 0.1) is 0 Å². The van der Waals surface area contributed by atoms with Gasteiger partial charge in [0.1, 0.15) is 0 Å². The Bertz CT molecular complexity index is 1140. The minimum Gasteiger partial charge on any atom is -0.322 e. The van der Waals surface area contributed by atoms with E-state index in [9.17, 15) is 13.2 Å². The molecule has 0 spiro atoms. The van der Waals surface area contributed by atoms with Gasteiger partial charge in [-0.25, -0.2) is 8.42 Å². The van der Waals surface area contributed by atoms with Gasteiger partial charge in [0.25, 0.3) is 5.91 Å². The number of carbonyl (C=O) groups excluding carboxylic acids is 1. The Morgan fingerprint density at radius 1 is 0.806 bits per heavy atom. The summed E-state index contributed by atoms with van der Waals surface area (Å²) < 4.78 is 26.8. The molecule has 3 rings (SSSR count). The number of amides is 1. The highest BCUT2D eigenvalue weighted by Crippen LogP contribution is 2.21. The van der Waals surface area contributed by atoms with Gasteiger partial charge in [-0.05, 0) is 47.5 Å². The van der Waals surface area contributed by atoms with E-state index < -0.39 is 10.0 Å². The molecule has 0 aliphatic rings. The van der Waals surface area contributed by atoms with Gasteiger partial charge in [0.2, 0.25) is 10.0 Å². The van der Waals surface area contributed by atoms with E-state index in [4.69, 9.17) is 0 Å². The number of nitrogens with zero attached hydrogens (tertiary/aromatic N) is 1. The Hall–Kier alpha value is -3.48. The lowest BCUT2D eigenvalue weighted by Crippen LogP contribution is -2.31. The summed E-state index contributed by atoms with van der Waals surface area (Å²) in [5, 5.41) is 2.80. The molecule has 31 heavy (non-hydrogen) atoms. The zero-order valence-electron chi connectivity index (χ0n) is 17.1. The maximum atomic E-state index is 12.8. The van der Waals surface area contributed by atoms with Crippen LogP contribution in [0.15, 0.2) is 109 Å². The highest BCUT2D eigenvalue weighted by Gasteiger charge is 2.22. The fourth-order valence-electron chi connectivity index (χ4n) is 3.07. The highest BCUT2D eigenvalue weighted by atomic mass is 32.2. The summed E-state index contributed by atoms with van der Waals surface area (Å²) in [6.45, 7) is 7.57. The Kier molecular flexibility index (Phi) is 7.18. The molecule has 0 fully saturated rings. The van der Waals surface area contributed by atoms with Crippen LogP contribution in [0.25, 0.3) is 11.1 Å². The number of anilines is 1. The first-order valence-corrected chi connectivity index (χ1v) is 11.2. The molecule has 0 aliphatic heterocycles. The van der Waals surface area contributed by atoms with E-state index in [2.05, 4.69) is 18.5 Å². The first-order chi connectivity index (χ1) is 15.0. The minimum atomic E-state index is -3.68. The monoisotopic (exact) mass is 432 g/mol. The second-order valence-electron chi connectivity index (χ2n) is 6.82. The number of carbonyl (C=O) groups is 1. The zero-order chi connectivity index (χ0) is 22.3. The van der Waals surface area contributed by atoms with Gasteiger partial charge in [0, 0.05) is 24.3 Å². The molecule has 0 bridgehead atoms. The van der Waals surface area contributed by atoms with E-state index >= 15 is 0 Å². The molecule has 3 aromatic carbocycles. The molecular weight excluding hydrogens is 408 g/mol. The molecule has 158 valence electrons. The molecule has 5 nitrogen and oxygen atoms in total. The molecule has 0 aromatic heterocycles. The maximum Gasteiger partial charge on any atom is 0.255 e. The van der Waals surface area contributed by atoms with Gasteiger partial charge in [-0.2, -0.15) is 4.31 Å². The van der Waals surface area contributed by atoms with E-state index in [1.165, 1.54) is 28.6 Å². The predicted octanol–water partition coefficient (Wildman–Crippen LogP) is 4.97. The molecule has 3 aromatic rings. The summed E-state index contributed by atoms with van der Waals surface area (Å²) in [4.78, 5) is 12.7. The van der Waals surface area contributed by atoms with Gasteiger partial charge >= 0.3 is 0 Å². The Labute approximate surface area is 183 Å². The van der Waals surface area contributed by atoms with E-state index in [1.54, 1.807) is 24.3 Å². The second kappa shape index (κ2) is 10.0. The van der Waals surface area contributed by atoms with Crippen LogP contribution in [0.1, 0.15) is 10.4 Å². The fourth-order valence-corrected chi connectivity index (χ4v) is 4.45. The third kappa shape index (κ3) is 5.36. The number of hydrogen-bond acceptors (Lipinski definition) is 3. The third-order valence-corrected chi connectivity index (χ3v) is 6.52. The van der Waals surface area contributed by atoms with Gasteiger partial charge in [-0.3, -0.25) is 4.79 Å². The van der Waals surface area contributed by atoms with Gasteiger partial charge in [-0.15, -0.1) is 13.2 Å². The van der Waals surface area contributed by atoms with Crippen LogP contribution < -0.4 is 5.32 Å². The summed E-state index contributed by atoms with van der Waals surface area (Å²) in [5.74, 6) is -0.268. The van der Waals surface area contributed by atoms with Crippen molar-refractivity contribution in [1.29, 1.82) is 0 Å². The van der Waals surface area contributed by atoms with Crippen molar-refractivity contribution < 1.29 is 13.2 Å². The Morgan fingerprint density at radius 2 is 1.35 bits per heavy atom. The van der Waals surface area contributed by atoms with E-state index in [1.807, 2.05) is 42.5 Å². The van der Waals surface area contributed by atoms with Crippen LogP contribution >= 0.6 is 0 Å². The average molecular weight is 433 g/mol. The van der Waals surface area contributed by atoms with Crippen LogP contribution in [0.2, 0.25) is 0 Å². The normalized spacial score (nSPS) is 11.1. The molecule has 1 N–H and O–H groups in total. The summed E-state index contributed by atoms with van der Waals surface area (Å²) in [7, 11) is -3.68. The molecule has 0 radical (unpaired) electrons. The van der Waals surface area contributed by atoms with E-state index in [-0.39, 0.29) is 23.9 Å². The minimum absolute atomic E-state index is 0.140. The lowest BCUT2D eigenvalue weighted by molar-refractivity contribution is 0.102. The Balaban J connectivity index is 1.71. The molecule has 0 unspecified atom stereocenters. The summed E-state index contributed by atoms with van der Waals surface area (Å²) >= 11 is 0. The van der Waals surface area contributed by atoms with Gasteiger partial charge in [0.15, 0.2) is 0 Å². The topological polar surface area (TPSA) is 66.5 Å². The lowest BCUT2D eigenvalue weighted by atomic mass is 10.0. The molecule has 0 heterocycles. The van der Waals surface area contributed by atoms with Crippen LogP contribution in [0.4, 0.5) is 5.69 Å². The molecule has 0 atom stereocenters. The standard InChI is InChI=1S/C25H24N2O3S/c1-3-18-27(19-4-2)31(29,30)24-16-14-23(15-17-24)26-25(28)22-12-10-21(11-13-22)20-8-6-5-7-9-20/h3-17H,1-2,18-19H2,(H,26,28).